The van der Waals surface area contributed by atoms with Crippen molar-refractivity contribution in [1.29, 1.82) is 0 Å². The highest BCUT2D eigenvalue weighted by molar-refractivity contribution is 6.02. The van der Waals surface area contributed by atoms with Crippen LogP contribution in [0.4, 0.5) is 19.0 Å². The first-order valence-electron chi connectivity index (χ1n) is 9.22. The molecule has 11 heteroatoms. The molecule has 1 fully saturated rings. The van der Waals surface area contributed by atoms with Crippen molar-refractivity contribution >= 4 is 17.4 Å². The van der Waals surface area contributed by atoms with Crippen molar-refractivity contribution in [2.24, 2.45) is 0 Å². The number of amides is 1. The van der Waals surface area contributed by atoms with E-state index in [4.69, 9.17) is 9.47 Å². The fourth-order valence-electron chi connectivity index (χ4n) is 3.26. The van der Waals surface area contributed by atoms with E-state index in [1.54, 1.807) is 10.6 Å². The number of nitrogens with one attached hydrogen (secondary N) is 1. The third kappa shape index (κ3) is 4.06. The number of pyridine rings is 1. The van der Waals surface area contributed by atoms with Crippen LogP contribution in [0.25, 0.3) is 5.65 Å². The molecule has 1 saturated heterocycles. The maximum atomic E-state index is 12.8. The number of carbonyl (C=O) groups is 1. The maximum absolute atomic E-state index is 12.8. The number of rotatable bonds is 4. The lowest BCUT2D eigenvalue weighted by atomic mass is 9.99. The number of ether oxygens (including phenoxy) is 2. The molecule has 1 amide bonds. The summed E-state index contributed by atoms with van der Waals surface area (Å²) in [5.74, 6) is -0.410. The Morgan fingerprint density at radius 2 is 2.10 bits per heavy atom. The molecule has 0 spiro atoms. The van der Waals surface area contributed by atoms with Gasteiger partial charge >= 0.3 is 6.18 Å². The van der Waals surface area contributed by atoms with Crippen molar-refractivity contribution in [1.82, 2.24) is 19.4 Å². The van der Waals surface area contributed by atoms with Gasteiger partial charge in [0.2, 0.25) is 5.65 Å². The molecular weight excluding hydrogens is 403 g/mol. The molecule has 3 aromatic heterocycles. The Kier molecular flexibility index (Phi) is 5.29. The number of carbonyl (C=O) groups excluding carboxylic acids is 1. The van der Waals surface area contributed by atoms with Crippen molar-refractivity contribution in [3.8, 4) is 5.88 Å². The van der Waals surface area contributed by atoms with Crippen molar-refractivity contribution in [2.75, 3.05) is 25.6 Å². The molecule has 1 aliphatic heterocycles. The standard InChI is InChI=1S/C19H18F3N5O3/c1-29-18-16-24-13(11-4-3-7-30-10-11)8-27(16)9-15(26-18)25-17(28)12-5-2-6-14(23-12)19(20,21)22/h2,5-6,8-9,11H,3-4,7,10H2,1H3,(H,25,28). The van der Waals surface area contributed by atoms with Crippen LogP contribution in [0.3, 0.4) is 0 Å². The SMILES string of the molecule is COc1nc(NC(=O)c2cccc(C(F)(F)F)n2)cn2cc(C3CCCOC3)nc12. The van der Waals surface area contributed by atoms with Gasteiger partial charge in [0.15, 0.2) is 5.82 Å². The van der Waals surface area contributed by atoms with Crippen molar-refractivity contribution < 1.29 is 27.4 Å². The van der Waals surface area contributed by atoms with Crippen LogP contribution in [-0.2, 0) is 10.9 Å². The Hall–Kier alpha value is -3.21. The number of fused-ring (bicyclic) bond motifs is 1. The van der Waals surface area contributed by atoms with Gasteiger partial charge in [0.1, 0.15) is 11.4 Å². The van der Waals surface area contributed by atoms with Crippen LogP contribution in [0.15, 0.2) is 30.6 Å². The highest BCUT2D eigenvalue weighted by Crippen LogP contribution is 2.29. The molecule has 3 aromatic rings. The summed E-state index contributed by atoms with van der Waals surface area (Å²) in [5, 5.41) is 2.46. The molecule has 0 bridgehead atoms. The highest BCUT2D eigenvalue weighted by Gasteiger charge is 2.33. The zero-order chi connectivity index (χ0) is 21.3. The monoisotopic (exact) mass is 421 g/mol. The van der Waals surface area contributed by atoms with E-state index in [2.05, 4.69) is 20.3 Å². The minimum absolute atomic E-state index is 0.0902. The molecule has 30 heavy (non-hydrogen) atoms. The maximum Gasteiger partial charge on any atom is 0.433 e. The van der Waals surface area contributed by atoms with Crippen LogP contribution in [0.2, 0.25) is 0 Å². The van der Waals surface area contributed by atoms with Crippen LogP contribution in [0, 0.1) is 0 Å². The van der Waals surface area contributed by atoms with Gasteiger partial charge in [-0.15, -0.1) is 0 Å². The van der Waals surface area contributed by atoms with Crippen molar-refractivity contribution in [3.05, 3.63) is 47.7 Å². The first-order valence-corrected chi connectivity index (χ1v) is 9.22. The van der Waals surface area contributed by atoms with E-state index < -0.39 is 17.8 Å². The number of alkyl halides is 3. The van der Waals surface area contributed by atoms with E-state index in [1.807, 2.05) is 0 Å². The summed E-state index contributed by atoms with van der Waals surface area (Å²) in [6.07, 6.45) is 0.566. The number of imidazole rings is 1. The topological polar surface area (TPSA) is 90.6 Å². The molecular formula is C19H18F3N5O3. The molecule has 4 heterocycles. The summed E-state index contributed by atoms with van der Waals surface area (Å²) < 4.78 is 51.0. The molecule has 158 valence electrons. The molecule has 1 unspecified atom stereocenters. The Morgan fingerprint density at radius 3 is 2.80 bits per heavy atom. The number of aromatic nitrogens is 4. The average Bonchev–Trinajstić information content (AvgIpc) is 3.17. The molecule has 1 aliphatic rings. The Labute approximate surface area is 169 Å². The van der Waals surface area contributed by atoms with Crippen LogP contribution < -0.4 is 10.1 Å². The van der Waals surface area contributed by atoms with Gasteiger partial charge < -0.3 is 14.8 Å². The second kappa shape index (κ2) is 7.90. The van der Waals surface area contributed by atoms with Gasteiger partial charge in [0.25, 0.3) is 11.8 Å². The van der Waals surface area contributed by atoms with Gasteiger partial charge in [-0.25, -0.2) is 9.97 Å². The Balaban J connectivity index is 1.62. The summed E-state index contributed by atoms with van der Waals surface area (Å²) in [5.41, 5.74) is -0.243. The Morgan fingerprint density at radius 1 is 1.27 bits per heavy atom. The summed E-state index contributed by atoms with van der Waals surface area (Å²) in [6, 6.07) is 3.11. The molecule has 0 aliphatic carbocycles. The largest absolute Gasteiger partial charge is 0.478 e. The quantitative estimate of drug-likeness (QED) is 0.695. The van der Waals surface area contributed by atoms with E-state index in [1.165, 1.54) is 19.4 Å². The first-order chi connectivity index (χ1) is 14.3. The first kappa shape index (κ1) is 20.1. The average molecular weight is 421 g/mol. The van der Waals surface area contributed by atoms with Gasteiger partial charge in [0, 0.05) is 18.7 Å². The number of anilines is 1. The smallest absolute Gasteiger partial charge is 0.433 e. The predicted octanol–water partition coefficient (Wildman–Crippen LogP) is 3.30. The number of hydrogen-bond donors (Lipinski definition) is 1. The fourth-order valence-corrected chi connectivity index (χ4v) is 3.26. The lowest BCUT2D eigenvalue weighted by Gasteiger charge is -2.19. The second-order valence-corrected chi connectivity index (χ2v) is 6.81. The van der Waals surface area contributed by atoms with Gasteiger partial charge in [-0.2, -0.15) is 18.2 Å². The van der Waals surface area contributed by atoms with Crippen LogP contribution in [0.1, 0.15) is 40.6 Å². The highest BCUT2D eigenvalue weighted by atomic mass is 19.4. The lowest BCUT2D eigenvalue weighted by Crippen LogP contribution is -2.18. The zero-order valence-corrected chi connectivity index (χ0v) is 15.9. The van der Waals surface area contributed by atoms with Crippen LogP contribution in [0.5, 0.6) is 5.88 Å². The van der Waals surface area contributed by atoms with E-state index in [0.717, 1.165) is 37.3 Å². The summed E-state index contributed by atoms with van der Waals surface area (Å²) in [6.45, 7) is 1.30. The van der Waals surface area contributed by atoms with Gasteiger partial charge in [-0.1, -0.05) is 6.07 Å². The van der Waals surface area contributed by atoms with E-state index in [0.29, 0.717) is 12.3 Å². The number of halogens is 3. The normalized spacial score (nSPS) is 17.1. The molecule has 0 radical (unpaired) electrons. The molecule has 8 nitrogen and oxygen atoms in total. The third-order valence-electron chi connectivity index (χ3n) is 4.71. The minimum Gasteiger partial charge on any atom is -0.478 e. The second-order valence-electron chi connectivity index (χ2n) is 6.81. The third-order valence-corrected chi connectivity index (χ3v) is 4.71. The molecule has 0 aromatic carbocycles. The van der Waals surface area contributed by atoms with Gasteiger partial charge in [0.05, 0.1) is 25.6 Å². The number of hydrogen-bond acceptors (Lipinski definition) is 6. The lowest BCUT2D eigenvalue weighted by molar-refractivity contribution is -0.141. The summed E-state index contributed by atoms with van der Waals surface area (Å²) in [4.78, 5) is 24.6. The zero-order valence-electron chi connectivity index (χ0n) is 15.9. The van der Waals surface area contributed by atoms with E-state index in [-0.39, 0.29) is 23.3 Å². The number of methoxy groups -OCH3 is 1. The predicted molar refractivity (Wildman–Crippen MR) is 99.5 cm³/mol. The van der Waals surface area contributed by atoms with Gasteiger partial charge in [-0.05, 0) is 25.0 Å². The van der Waals surface area contributed by atoms with Crippen LogP contribution >= 0.6 is 0 Å². The Bertz CT molecular complexity index is 1080. The molecule has 1 N–H and O–H groups in total. The fraction of sp³-hybridized carbons (Fsp3) is 0.368. The summed E-state index contributed by atoms with van der Waals surface area (Å²) in [7, 11) is 1.42. The van der Waals surface area contributed by atoms with Crippen LogP contribution in [-0.4, -0.2) is 45.6 Å². The number of nitrogens with zero attached hydrogens (tertiary/aromatic N) is 4. The van der Waals surface area contributed by atoms with Crippen molar-refractivity contribution in [3.63, 3.8) is 0 Å². The molecule has 1 atom stereocenters. The van der Waals surface area contributed by atoms with Crippen molar-refractivity contribution in [2.45, 2.75) is 24.9 Å². The molecule has 4 rings (SSSR count). The van der Waals surface area contributed by atoms with E-state index in [9.17, 15) is 18.0 Å². The van der Waals surface area contributed by atoms with E-state index >= 15 is 0 Å². The summed E-state index contributed by atoms with van der Waals surface area (Å²) >= 11 is 0. The molecule has 0 saturated carbocycles. The van der Waals surface area contributed by atoms with Gasteiger partial charge in [-0.3, -0.25) is 9.20 Å². The minimum atomic E-state index is -4.65.